The molecule has 1 heterocycles. The summed E-state index contributed by atoms with van der Waals surface area (Å²) >= 11 is 3.59. The van der Waals surface area contributed by atoms with Crippen LogP contribution in [0.2, 0.25) is 0 Å². The molecule has 0 aliphatic rings. The zero-order chi connectivity index (χ0) is 15.2. The van der Waals surface area contributed by atoms with Gasteiger partial charge in [-0.3, -0.25) is 0 Å². The first-order chi connectivity index (χ1) is 10.2. The Kier molecular flexibility index (Phi) is 5.56. The topological polar surface area (TPSA) is 47.0 Å². The zero-order valence-electron chi connectivity index (χ0n) is 12.6. The first-order valence-corrected chi connectivity index (χ1v) is 7.93. The number of rotatable bonds is 6. The quantitative estimate of drug-likeness (QED) is 0.844. The van der Waals surface area contributed by atoms with Crippen LogP contribution in [0.25, 0.3) is 11.4 Å². The van der Waals surface area contributed by atoms with Gasteiger partial charge in [0.15, 0.2) is 5.82 Å². The zero-order valence-corrected chi connectivity index (χ0v) is 14.2. The van der Waals surface area contributed by atoms with Gasteiger partial charge in [-0.05, 0) is 53.0 Å². The number of methoxy groups -OCH3 is 1. The molecule has 1 aromatic carbocycles. The fourth-order valence-electron chi connectivity index (χ4n) is 1.96. The Hall–Kier alpha value is -1.62. The Morgan fingerprint density at radius 3 is 2.43 bits per heavy atom. The second kappa shape index (κ2) is 7.41. The third-order valence-corrected chi connectivity index (χ3v) is 3.98. The summed E-state index contributed by atoms with van der Waals surface area (Å²) in [6.07, 6.45) is 1.91. The summed E-state index contributed by atoms with van der Waals surface area (Å²) < 4.78 is 6.14. The molecule has 0 saturated heterocycles. The predicted octanol–water partition coefficient (Wildman–Crippen LogP) is 4.30. The molecule has 0 amide bonds. The lowest BCUT2D eigenvalue weighted by molar-refractivity contribution is 0.415. The molecule has 0 fully saturated rings. The van der Waals surface area contributed by atoms with Gasteiger partial charge in [-0.1, -0.05) is 13.8 Å². The Morgan fingerprint density at radius 1 is 1.14 bits per heavy atom. The highest BCUT2D eigenvalue weighted by molar-refractivity contribution is 9.10. The van der Waals surface area contributed by atoms with E-state index in [1.165, 1.54) is 0 Å². The molecule has 0 unspecified atom stereocenters. The standard InChI is InChI=1S/C16H20BrN3O/c1-4-10-18-16-14(17)13(5-2)19-15(20-16)11-6-8-12(21-3)9-7-11/h6-9H,4-5,10H2,1-3H3,(H,18,19,20). The number of aromatic nitrogens is 2. The largest absolute Gasteiger partial charge is 0.497 e. The van der Waals surface area contributed by atoms with Gasteiger partial charge in [-0.2, -0.15) is 0 Å². The Bertz CT molecular complexity index is 599. The van der Waals surface area contributed by atoms with E-state index in [-0.39, 0.29) is 0 Å². The summed E-state index contributed by atoms with van der Waals surface area (Å²) in [6, 6.07) is 7.80. The molecule has 1 aromatic heterocycles. The van der Waals surface area contributed by atoms with Crippen molar-refractivity contribution in [1.29, 1.82) is 0 Å². The van der Waals surface area contributed by atoms with Crippen LogP contribution in [0.3, 0.4) is 0 Å². The highest BCUT2D eigenvalue weighted by atomic mass is 79.9. The molecule has 4 nitrogen and oxygen atoms in total. The van der Waals surface area contributed by atoms with E-state index in [1.54, 1.807) is 7.11 Å². The Morgan fingerprint density at radius 2 is 1.86 bits per heavy atom. The molecule has 5 heteroatoms. The van der Waals surface area contributed by atoms with Gasteiger partial charge in [-0.15, -0.1) is 0 Å². The molecule has 21 heavy (non-hydrogen) atoms. The van der Waals surface area contributed by atoms with Crippen LogP contribution in [-0.2, 0) is 6.42 Å². The van der Waals surface area contributed by atoms with Crippen LogP contribution >= 0.6 is 15.9 Å². The summed E-state index contributed by atoms with van der Waals surface area (Å²) in [5.41, 5.74) is 1.99. The van der Waals surface area contributed by atoms with Crippen molar-refractivity contribution in [2.75, 3.05) is 19.0 Å². The predicted molar refractivity (Wildman–Crippen MR) is 89.9 cm³/mol. The number of aryl methyl sites for hydroxylation is 1. The van der Waals surface area contributed by atoms with Crippen molar-refractivity contribution in [3.63, 3.8) is 0 Å². The smallest absolute Gasteiger partial charge is 0.161 e. The summed E-state index contributed by atoms with van der Waals surface area (Å²) in [5.74, 6) is 2.42. The minimum Gasteiger partial charge on any atom is -0.497 e. The molecular weight excluding hydrogens is 330 g/mol. The third-order valence-electron chi connectivity index (χ3n) is 3.15. The normalized spacial score (nSPS) is 10.5. The number of ether oxygens (including phenoxy) is 1. The monoisotopic (exact) mass is 349 g/mol. The maximum absolute atomic E-state index is 5.19. The molecule has 2 rings (SSSR count). The van der Waals surface area contributed by atoms with E-state index in [0.29, 0.717) is 0 Å². The van der Waals surface area contributed by atoms with Gasteiger partial charge in [0.05, 0.1) is 17.3 Å². The molecule has 2 aromatic rings. The van der Waals surface area contributed by atoms with Gasteiger partial charge in [0.1, 0.15) is 11.6 Å². The summed E-state index contributed by atoms with van der Waals surface area (Å²) in [6.45, 7) is 5.11. The molecule has 0 saturated carbocycles. The lowest BCUT2D eigenvalue weighted by atomic mass is 10.2. The molecular formula is C16H20BrN3O. The lowest BCUT2D eigenvalue weighted by Gasteiger charge is -2.12. The van der Waals surface area contributed by atoms with Gasteiger partial charge >= 0.3 is 0 Å². The van der Waals surface area contributed by atoms with Crippen molar-refractivity contribution < 1.29 is 4.74 Å². The fraction of sp³-hybridized carbons (Fsp3) is 0.375. The van der Waals surface area contributed by atoms with Crippen molar-refractivity contribution in [2.24, 2.45) is 0 Å². The van der Waals surface area contributed by atoms with Crippen molar-refractivity contribution in [3.8, 4) is 17.1 Å². The molecule has 1 N–H and O–H groups in total. The van der Waals surface area contributed by atoms with Crippen molar-refractivity contribution >= 4 is 21.7 Å². The summed E-state index contributed by atoms with van der Waals surface area (Å²) in [5, 5.41) is 3.35. The van der Waals surface area contributed by atoms with E-state index >= 15 is 0 Å². The lowest BCUT2D eigenvalue weighted by Crippen LogP contribution is -2.07. The van der Waals surface area contributed by atoms with Crippen molar-refractivity contribution in [2.45, 2.75) is 26.7 Å². The minimum absolute atomic E-state index is 0.733. The maximum Gasteiger partial charge on any atom is 0.161 e. The second-order valence-corrected chi connectivity index (χ2v) is 5.46. The van der Waals surface area contributed by atoms with E-state index in [4.69, 9.17) is 4.74 Å². The summed E-state index contributed by atoms with van der Waals surface area (Å²) in [4.78, 5) is 9.28. The van der Waals surface area contributed by atoms with Crippen LogP contribution in [0, 0.1) is 0 Å². The number of anilines is 1. The average molecular weight is 350 g/mol. The maximum atomic E-state index is 5.19. The van der Waals surface area contributed by atoms with Crippen LogP contribution in [-0.4, -0.2) is 23.6 Å². The first-order valence-electron chi connectivity index (χ1n) is 7.14. The van der Waals surface area contributed by atoms with Gasteiger partial charge in [-0.25, -0.2) is 9.97 Å². The fourth-order valence-corrected chi connectivity index (χ4v) is 2.56. The highest BCUT2D eigenvalue weighted by Gasteiger charge is 2.12. The molecule has 0 aliphatic carbocycles. The van der Waals surface area contributed by atoms with E-state index in [2.05, 4.69) is 45.1 Å². The third kappa shape index (κ3) is 3.73. The molecule has 0 atom stereocenters. The van der Waals surface area contributed by atoms with Crippen molar-refractivity contribution in [3.05, 3.63) is 34.4 Å². The molecule has 112 valence electrons. The van der Waals surface area contributed by atoms with Crippen LogP contribution in [0.4, 0.5) is 5.82 Å². The van der Waals surface area contributed by atoms with Crippen LogP contribution in [0.1, 0.15) is 26.0 Å². The van der Waals surface area contributed by atoms with Crippen molar-refractivity contribution in [1.82, 2.24) is 9.97 Å². The van der Waals surface area contributed by atoms with Crippen LogP contribution in [0.5, 0.6) is 5.75 Å². The van der Waals surface area contributed by atoms with E-state index in [0.717, 1.165) is 52.5 Å². The van der Waals surface area contributed by atoms with Gasteiger partial charge < -0.3 is 10.1 Å². The number of benzene rings is 1. The SMILES string of the molecule is CCCNc1nc(-c2ccc(OC)cc2)nc(CC)c1Br. The van der Waals surface area contributed by atoms with E-state index in [1.807, 2.05) is 24.3 Å². The number of hydrogen-bond acceptors (Lipinski definition) is 4. The number of nitrogens with one attached hydrogen (secondary N) is 1. The first kappa shape index (κ1) is 15.8. The van der Waals surface area contributed by atoms with Gasteiger partial charge in [0.25, 0.3) is 0 Å². The average Bonchev–Trinajstić information content (AvgIpc) is 2.54. The van der Waals surface area contributed by atoms with Gasteiger partial charge in [0.2, 0.25) is 0 Å². The Balaban J connectivity index is 2.41. The highest BCUT2D eigenvalue weighted by Crippen LogP contribution is 2.28. The number of halogens is 1. The van der Waals surface area contributed by atoms with E-state index in [9.17, 15) is 0 Å². The van der Waals surface area contributed by atoms with Gasteiger partial charge in [0, 0.05) is 12.1 Å². The molecule has 0 radical (unpaired) electrons. The van der Waals surface area contributed by atoms with Crippen LogP contribution in [0.15, 0.2) is 28.7 Å². The molecule has 0 bridgehead atoms. The Labute approximate surface area is 134 Å². The number of nitrogens with zero attached hydrogens (tertiary/aromatic N) is 2. The van der Waals surface area contributed by atoms with E-state index < -0.39 is 0 Å². The second-order valence-electron chi connectivity index (χ2n) is 4.67. The summed E-state index contributed by atoms with van der Waals surface area (Å²) in [7, 11) is 1.66. The minimum atomic E-state index is 0.733. The molecule has 0 aliphatic heterocycles. The number of hydrogen-bond donors (Lipinski definition) is 1. The van der Waals surface area contributed by atoms with Crippen LogP contribution < -0.4 is 10.1 Å². The molecule has 0 spiro atoms.